The Morgan fingerprint density at radius 2 is 1.91 bits per heavy atom. The van der Waals surface area contributed by atoms with Gasteiger partial charge in [-0.2, -0.15) is 0 Å². The quantitative estimate of drug-likeness (QED) is 0.616. The second kappa shape index (κ2) is 9.51. The van der Waals surface area contributed by atoms with Crippen LogP contribution in [0.3, 0.4) is 0 Å². The summed E-state index contributed by atoms with van der Waals surface area (Å²) in [5.74, 6) is -1.27. The van der Waals surface area contributed by atoms with Crippen molar-refractivity contribution in [3.05, 3.63) is 100 Å². The predicted octanol–water partition coefficient (Wildman–Crippen LogP) is 4.58. The van der Waals surface area contributed by atoms with Crippen molar-refractivity contribution < 1.29 is 18.7 Å². The number of ether oxygens (including phenoxy) is 1. The Morgan fingerprint density at radius 1 is 1.12 bits per heavy atom. The molecule has 0 saturated carbocycles. The summed E-state index contributed by atoms with van der Waals surface area (Å²) in [4.78, 5) is 27.6. The normalized spacial score (nSPS) is 18.5. The van der Waals surface area contributed by atoms with E-state index in [0.717, 1.165) is 16.7 Å². The zero-order chi connectivity index (χ0) is 22.7. The number of rotatable bonds is 5. The maximum atomic E-state index is 13.8. The number of benzene rings is 3. The number of nitrogens with zero attached hydrogens (tertiary/aromatic N) is 1. The molecule has 0 aliphatic carbocycles. The van der Waals surface area contributed by atoms with Gasteiger partial charge in [-0.05, 0) is 36.2 Å². The molecule has 3 aromatic rings. The van der Waals surface area contributed by atoms with Gasteiger partial charge in [0.05, 0.1) is 11.1 Å². The summed E-state index contributed by atoms with van der Waals surface area (Å²) >= 11 is 5.99. The number of hydrogen-bond donors (Lipinski definition) is 1. The monoisotopic (exact) mass is 452 g/mol. The van der Waals surface area contributed by atoms with E-state index in [1.165, 1.54) is 23.1 Å². The molecule has 32 heavy (non-hydrogen) atoms. The van der Waals surface area contributed by atoms with Crippen LogP contribution in [0.1, 0.15) is 22.7 Å². The predicted molar refractivity (Wildman–Crippen MR) is 121 cm³/mol. The zero-order valence-corrected chi connectivity index (χ0v) is 18.2. The van der Waals surface area contributed by atoms with Crippen LogP contribution in [-0.2, 0) is 20.9 Å². The maximum Gasteiger partial charge on any atom is 0.253 e. The highest BCUT2D eigenvalue weighted by atomic mass is 35.5. The van der Waals surface area contributed by atoms with E-state index in [4.69, 9.17) is 16.3 Å². The molecule has 1 saturated heterocycles. The zero-order valence-electron chi connectivity index (χ0n) is 17.4. The van der Waals surface area contributed by atoms with E-state index in [1.807, 2.05) is 61.5 Å². The van der Waals surface area contributed by atoms with Crippen LogP contribution >= 0.6 is 11.6 Å². The van der Waals surface area contributed by atoms with E-state index in [2.05, 4.69) is 5.32 Å². The molecule has 1 aliphatic heterocycles. The molecule has 0 spiro atoms. The van der Waals surface area contributed by atoms with E-state index in [9.17, 15) is 14.0 Å². The average molecular weight is 453 g/mol. The third kappa shape index (κ3) is 4.66. The van der Waals surface area contributed by atoms with E-state index >= 15 is 0 Å². The SMILES string of the molecule is Cc1cccc([C@@H]2[C@@H](C(=O)NCc3ccccc3)OCC(=O)N2c2ccc(F)c(Cl)c2)c1. The first-order valence-corrected chi connectivity index (χ1v) is 10.6. The topological polar surface area (TPSA) is 58.6 Å². The second-order valence-corrected chi connectivity index (χ2v) is 8.06. The third-order valence-corrected chi connectivity index (χ3v) is 5.64. The van der Waals surface area contributed by atoms with Gasteiger partial charge in [0.1, 0.15) is 12.4 Å². The molecule has 0 radical (unpaired) electrons. The lowest BCUT2D eigenvalue weighted by Crippen LogP contribution is -2.54. The Balaban J connectivity index is 1.70. The van der Waals surface area contributed by atoms with Gasteiger partial charge in [-0.25, -0.2) is 4.39 Å². The number of morpholine rings is 1. The minimum absolute atomic E-state index is 0.102. The minimum Gasteiger partial charge on any atom is -0.356 e. The van der Waals surface area contributed by atoms with Crippen LogP contribution in [0.2, 0.25) is 5.02 Å². The van der Waals surface area contributed by atoms with Crippen molar-refractivity contribution in [2.24, 2.45) is 0 Å². The Hall–Kier alpha value is -3.22. The molecular formula is C25H22ClFN2O3. The molecule has 4 rings (SSSR count). The fraction of sp³-hybridized carbons (Fsp3) is 0.200. The number of nitrogens with one attached hydrogen (secondary N) is 1. The Labute approximate surface area is 190 Å². The van der Waals surface area contributed by atoms with Crippen LogP contribution in [0.4, 0.5) is 10.1 Å². The summed E-state index contributed by atoms with van der Waals surface area (Å²) in [7, 11) is 0. The molecule has 7 heteroatoms. The average Bonchev–Trinajstić information content (AvgIpc) is 2.80. The van der Waals surface area contributed by atoms with Crippen molar-refractivity contribution in [2.75, 3.05) is 11.5 Å². The lowest BCUT2D eigenvalue weighted by molar-refractivity contribution is -0.144. The highest BCUT2D eigenvalue weighted by Gasteiger charge is 2.42. The molecule has 164 valence electrons. The molecule has 1 aliphatic rings. The van der Waals surface area contributed by atoms with Crippen molar-refractivity contribution >= 4 is 29.1 Å². The number of hydrogen-bond acceptors (Lipinski definition) is 3. The molecule has 1 N–H and O–H groups in total. The molecule has 0 bridgehead atoms. The summed E-state index contributed by atoms with van der Waals surface area (Å²) in [5.41, 5.74) is 3.05. The van der Waals surface area contributed by atoms with Crippen molar-refractivity contribution in [3.63, 3.8) is 0 Å². The van der Waals surface area contributed by atoms with Gasteiger partial charge < -0.3 is 10.1 Å². The largest absolute Gasteiger partial charge is 0.356 e. The Morgan fingerprint density at radius 3 is 2.62 bits per heavy atom. The van der Waals surface area contributed by atoms with Crippen LogP contribution in [0.15, 0.2) is 72.8 Å². The fourth-order valence-corrected chi connectivity index (χ4v) is 4.01. The van der Waals surface area contributed by atoms with Gasteiger partial charge in [-0.15, -0.1) is 0 Å². The summed E-state index contributed by atoms with van der Waals surface area (Å²) in [6.45, 7) is 1.98. The Bertz CT molecular complexity index is 1140. The second-order valence-electron chi connectivity index (χ2n) is 7.66. The van der Waals surface area contributed by atoms with E-state index in [1.54, 1.807) is 0 Å². The van der Waals surface area contributed by atoms with Gasteiger partial charge >= 0.3 is 0 Å². The first-order valence-electron chi connectivity index (χ1n) is 10.2. The lowest BCUT2D eigenvalue weighted by atomic mass is 9.95. The summed E-state index contributed by atoms with van der Waals surface area (Å²) < 4.78 is 19.5. The van der Waals surface area contributed by atoms with Crippen molar-refractivity contribution in [3.8, 4) is 0 Å². The smallest absolute Gasteiger partial charge is 0.253 e. The molecule has 5 nitrogen and oxygen atoms in total. The van der Waals surface area contributed by atoms with Crippen molar-refractivity contribution in [1.29, 1.82) is 0 Å². The highest BCUT2D eigenvalue weighted by Crippen LogP contribution is 2.36. The molecule has 3 aromatic carbocycles. The van der Waals surface area contributed by atoms with Crippen LogP contribution in [-0.4, -0.2) is 24.5 Å². The van der Waals surface area contributed by atoms with E-state index in [-0.39, 0.29) is 23.4 Å². The molecule has 2 amide bonds. The van der Waals surface area contributed by atoms with Crippen LogP contribution in [0, 0.1) is 12.7 Å². The number of amides is 2. The Kier molecular flexibility index (Phi) is 6.53. The van der Waals surface area contributed by atoms with Crippen LogP contribution < -0.4 is 10.2 Å². The van der Waals surface area contributed by atoms with Gasteiger partial charge in [-0.3, -0.25) is 14.5 Å². The van der Waals surface area contributed by atoms with Crippen LogP contribution in [0.25, 0.3) is 0 Å². The minimum atomic E-state index is -0.956. The number of aryl methyl sites for hydroxylation is 1. The number of halogens is 2. The number of carbonyl (C=O) groups excluding carboxylic acids is 2. The standard InChI is InChI=1S/C25H22ClFN2O3/c1-16-6-5-9-18(12-16)23-24(25(31)28-14-17-7-3-2-4-8-17)32-15-22(30)29(23)19-10-11-21(27)20(26)13-19/h2-13,23-24H,14-15H2,1H3,(H,28,31)/t23-,24+/m1/s1. The highest BCUT2D eigenvalue weighted by molar-refractivity contribution is 6.31. The fourth-order valence-electron chi connectivity index (χ4n) is 3.83. The molecule has 0 aromatic heterocycles. The van der Waals surface area contributed by atoms with E-state index < -0.39 is 18.0 Å². The summed E-state index contributed by atoms with van der Waals surface area (Å²) in [6, 6.07) is 20.4. The number of carbonyl (C=O) groups is 2. The van der Waals surface area contributed by atoms with Gasteiger partial charge in [0.15, 0.2) is 6.10 Å². The molecular weight excluding hydrogens is 431 g/mol. The van der Waals surface area contributed by atoms with Gasteiger partial charge in [0, 0.05) is 12.2 Å². The van der Waals surface area contributed by atoms with Gasteiger partial charge in [-0.1, -0.05) is 71.8 Å². The third-order valence-electron chi connectivity index (χ3n) is 5.35. The number of anilines is 1. The van der Waals surface area contributed by atoms with Crippen molar-refractivity contribution in [2.45, 2.75) is 25.6 Å². The lowest BCUT2D eigenvalue weighted by Gasteiger charge is -2.40. The summed E-state index contributed by atoms with van der Waals surface area (Å²) in [6.07, 6.45) is -0.956. The van der Waals surface area contributed by atoms with E-state index in [0.29, 0.717) is 12.2 Å². The first-order chi connectivity index (χ1) is 15.4. The first kappa shape index (κ1) is 22.0. The van der Waals surface area contributed by atoms with Crippen LogP contribution in [0.5, 0.6) is 0 Å². The molecule has 0 unspecified atom stereocenters. The van der Waals surface area contributed by atoms with Gasteiger partial charge in [0.2, 0.25) is 0 Å². The molecule has 1 fully saturated rings. The van der Waals surface area contributed by atoms with Crippen molar-refractivity contribution in [1.82, 2.24) is 5.32 Å². The molecule has 1 heterocycles. The molecule has 2 atom stereocenters. The maximum absolute atomic E-state index is 13.8. The van der Waals surface area contributed by atoms with Gasteiger partial charge in [0.25, 0.3) is 11.8 Å². The summed E-state index contributed by atoms with van der Waals surface area (Å²) in [5, 5.41) is 2.80.